The van der Waals surface area contributed by atoms with E-state index < -0.39 is 5.97 Å². The molecule has 0 radical (unpaired) electrons. The molecule has 2 atom stereocenters. The van der Waals surface area contributed by atoms with E-state index in [0.717, 1.165) is 5.56 Å². The number of carbonyl (C=O) groups is 1. The maximum Gasteiger partial charge on any atom is 0.308 e. The lowest BCUT2D eigenvalue weighted by atomic mass is 9.99. The van der Waals surface area contributed by atoms with Crippen molar-refractivity contribution in [1.29, 1.82) is 0 Å². The van der Waals surface area contributed by atoms with Crippen LogP contribution in [0.2, 0.25) is 5.02 Å². The highest BCUT2D eigenvalue weighted by molar-refractivity contribution is 6.30. The minimum Gasteiger partial charge on any atom is -0.481 e. The average Bonchev–Trinajstić information content (AvgIpc) is 2.57. The van der Waals surface area contributed by atoms with Gasteiger partial charge in [-0.25, -0.2) is 4.39 Å². The van der Waals surface area contributed by atoms with Crippen LogP contribution in [0, 0.1) is 17.7 Å². The molecule has 0 amide bonds. The van der Waals surface area contributed by atoms with Gasteiger partial charge in [0.15, 0.2) is 0 Å². The second-order valence-corrected chi connectivity index (χ2v) is 5.33. The normalized spacial score (nSPS) is 24.4. The van der Waals surface area contributed by atoms with Gasteiger partial charge in [-0.3, -0.25) is 9.69 Å². The fraction of sp³-hybridized carbons (Fsp3) is 0.462. The predicted molar refractivity (Wildman–Crippen MR) is 67.0 cm³/mol. The number of carboxylic acids is 1. The SMILES string of the molecule is C[C@@H]1CN(Cc2cc(F)cc(Cl)c2)C[C@H]1C(=O)O. The minimum absolute atomic E-state index is 0.117. The fourth-order valence-electron chi connectivity index (χ4n) is 2.48. The molecule has 1 heterocycles. The number of hydrogen-bond acceptors (Lipinski definition) is 2. The monoisotopic (exact) mass is 271 g/mol. The van der Waals surface area contributed by atoms with Crippen LogP contribution in [-0.4, -0.2) is 29.1 Å². The van der Waals surface area contributed by atoms with E-state index in [-0.39, 0.29) is 17.7 Å². The van der Waals surface area contributed by atoms with Gasteiger partial charge in [0.05, 0.1) is 5.92 Å². The van der Waals surface area contributed by atoms with Gasteiger partial charge in [0.1, 0.15) is 5.82 Å². The molecule has 3 nitrogen and oxygen atoms in total. The average molecular weight is 272 g/mol. The molecule has 0 unspecified atom stereocenters. The van der Waals surface area contributed by atoms with Gasteiger partial charge in [0.2, 0.25) is 0 Å². The van der Waals surface area contributed by atoms with E-state index >= 15 is 0 Å². The van der Waals surface area contributed by atoms with Crippen molar-refractivity contribution < 1.29 is 14.3 Å². The molecule has 5 heteroatoms. The van der Waals surface area contributed by atoms with Crippen LogP contribution in [0.3, 0.4) is 0 Å². The zero-order valence-corrected chi connectivity index (χ0v) is 10.8. The van der Waals surface area contributed by atoms with Gasteiger partial charge >= 0.3 is 5.97 Å². The van der Waals surface area contributed by atoms with Gasteiger partial charge in [-0.2, -0.15) is 0 Å². The molecule has 0 aromatic heterocycles. The molecular formula is C13H15ClFNO2. The molecule has 1 aromatic carbocycles. The van der Waals surface area contributed by atoms with E-state index in [0.29, 0.717) is 24.7 Å². The van der Waals surface area contributed by atoms with Crippen molar-refractivity contribution >= 4 is 17.6 Å². The van der Waals surface area contributed by atoms with Crippen molar-refractivity contribution in [2.45, 2.75) is 13.5 Å². The summed E-state index contributed by atoms with van der Waals surface area (Å²) < 4.78 is 13.2. The molecule has 1 aromatic rings. The molecule has 1 N–H and O–H groups in total. The highest BCUT2D eigenvalue weighted by atomic mass is 35.5. The summed E-state index contributed by atoms with van der Waals surface area (Å²) in [6.45, 7) is 3.68. The van der Waals surface area contributed by atoms with Gasteiger partial charge in [-0.15, -0.1) is 0 Å². The number of nitrogens with zero attached hydrogens (tertiary/aromatic N) is 1. The molecule has 0 aliphatic carbocycles. The summed E-state index contributed by atoms with van der Waals surface area (Å²) in [6, 6.07) is 4.41. The van der Waals surface area contributed by atoms with Gasteiger partial charge in [0.25, 0.3) is 0 Å². The number of aliphatic carboxylic acids is 1. The standard InChI is InChI=1S/C13H15ClFNO2/c1-8-5-16(7-12(8)13(17)18)6-9-2-10(14)4-11(15)3-9/h2-4,8,12H,5-7H2,1H3,(H,17,18)/t8-,12-/m1/s1. The lowest BCUT2D eigenvalue weighted by molar-refractivity contribution is -0.142. The van der Waals surface area contributed by atoms with E-state index in [1.807, 2.05) is 11.8 Å². The molecule has 1 aliphatic rings. The Morgan fingerprint density at radius 2 is 2.22 bits per heavy atom. The Kier molecular flexibility index (Phi) is 3.88. The lowest BCUT2D eigenvalue weighted by Gasteiger charge is -2.15. The maximum absolute atomic E-state index is 13.2. The smallest absolute Gasteiger partial charge is 0.308 e. The van der Waals surface area contributed by atoms with Gasteiger partial charge in [-0.1, -0.05) is 18.5 Å². The van der Waals surface area contributed by atoms with Crippen molar-refractivity contribution in [3.8, 4) is 0 Å². The molecule has 2 rings (SSSR count). The Hall–Kier alpha value is -1.13. The molecule has 1 fully saturated rings. The van der Waals surface area contributed by atoms with Gasteiger partial charge in [0, 0.05) is 24.7 Å². The number of likely N-dealkylation sites (tertiary alicyclic amines) is 1. The van der Waals surface area contributed by atoms with Gasteiger partial charge < -0.3 is 5.11 Å². The van der Waals surface area contributed by atoms with E-state index in [2.05, 4.69) is 0 Å². The summed E-state index contributed by atoms with van der Waals surface area (Å²) >= 11 is 5.79. The second kappa shape index (κ2) is 5.24. The fourth-order valence-corrected chi connectivity index (χ4v) is 2.72. The summed E-state index contributed by atoms with van der Waals surface area (Å²) in [5.41, 5.74) is 0.776. The van der Waals surface area contributed by atoms with Crippen LogP contribution in [0.1, 0.15) is 12.5 Å². The van der Waals surface area contributed by atoms with E-state index in [1.165, 1.54) is 12.1 Å². The summed E-state index contributed by atoms with van der Waals surface area (Å²) in [5.74, 6) is -1.35. The largest absolute Gasteiger partial charge is 0.481 e. The topological polar surface area (TPSA) is 40.5 Å². The maximum atomic E-state index is 13.2. The molecule has 98 valence electrons. The number of carboxylic acid groups (broad SMARTS) is 1. The zero-order valence-electron chi connectivity index (χ0n) is 10.1. The lowest BCUT2D eigenvalue weighted by Crippen LogP contribution is -2.23. The Labute approximate surface area is 110 Å². The third-order valence-electron chi connectivity index (χ3n) is 3.33. The first-order valence-corrected chi connectivity index (χ1v) is 6.23. The Bertz CT molecular complexity index is 446. The third-order valence-corrected chi connectivity index (χ3v) is 3.55. The molecule has 1 aliphatic heterocycles. The second-order valence-electron chi connectivity index (χ2n) is 4.89. The predicted octanol–water partition coefficient (Wildman–Crippen LogP) is 2.63. The highest BCUT2D eigenvalue weighted by Gasteiger charge is 2.34. The first-order chi connectivity index (χ1) is 8.45. The Morgan fingerprint density at radius 1 is 1.50 bits per heavy atom. The van der Waals surface area contributed by atoms with Crippen molar-refractivity contribution in [1.82, 2.24) is 4.90 Å². The van der Waals surface area contributed by atoms with Crippen LogP contribution in [-0.2, 0) is 11.3 Å². The quantitative estimate of drug-likeness (QED) is 0.919. The summed E-state index contributed by atoms with van der Waals surface area (Å²) in [4.78, 5) is 13.0. The van der Waals surface area contributed by atoms with Crippen molar-refractivity contribution in [3.63, 3.8) is 0 Å². The van der Waals surface area contributed by atoms with Crippen LogP contribution >= 0.6 is 11.6 Å². The summed E-state index contributed by atoms with van der Waals surface area (Å²) in [5, 5.41) is 9.42. The number of halogens is 2. The highest BCUT2D eigenvalue weighted by Crippen LogP contribution is 2.25. The summed E-state index contributed by atoms with van der Waals surface area (Å²) in [7, 11) is 0. The molecule has 0 bridgehead atoms. The Morgan fingerprint density at radius 3 is 2.78 bits per heavy atom. The van der Waals surface area contributed by atoms with Crippen LogP contribution in [0.5, 0.6) is 0 Å². The van der Waals surface area contributed by atoms with Crippen molar-refractivity contribution in [2.24, 2.45) is 11.8 Å². The zero-order chi connectivity index (χ0) is 13.3. The van der Waals surface area contributed by atoms with Gasteiger partial charge in [-0.05, 0) is 29.7 Å². The molecule has 0 saturated carbocycles. The minimum atomic E-state index is -0.762. The number of benzene rings is 1. The van der Waals surface area contributed by atoms with Crippen LogP contribution in [0.15, 0.2) is 18.2 Å². The Balaban J connectivity index is 2.05. The van der Waals surface area contributed by atoms with Crippen LogP contribution in [0.25, 0.3) is 0 Å². The number of hydrogen-bond donors (Lipinski definition) is 1. The summed E-state index contributed by atoms with van der Waals surface area (Å²) in [6.07, 6.45) is 0. The molecular weight excluding hydrogens is 257 g/mol. The van der Waals surface area contributed by atoms with E-state index in [1.54, 1.807) is 6.07 Å². The first kappa shape index (κ1) is 13.3. The van der Waals surface area contributed by atoms with Crippen LogP contribution in [0.4, 0.5) is 4.39 Å². The van der Waals surface area contributed by atoms with E-state index in [9.17, 15) is 9.18 Å². The molecule has 0 spiro atoms. The van der Waals surface area contributed by atoms with E-state index in [4.69, 9.17) is 16.7 Å². The van der Waals surface area contributed by atoms with Crippen LogP contribution < -0.4 is 0 Å². The molecule has 1 saturated heterocycles. The first-order valence-electron chi connectivity index (χ1n) is 5.86. The van der Waals surface area contributed by atoms with Crippen molar-refractivity contribution in [3.05, 3.63) is 34.6 Å². The molecule has 18 heavy (non-hydrogen) atoms. The van der Waals surface area contributed by atoms with Crippen molar-refractivity contribution in [2.75, 3.05) is 13.1 Å². The number of rotatable bonds is 3. The third kappa shape index (κ3) is 3.00.